The Kier molecular flexibility index (Phi) is 6.82. The van der Waals surface area contributed by atoms with E-state index < -0.39 is 10.0 Å². The first-order chi connectivity index (χ1) is 13.4. The Morgan fingerprint density at radius 2 is 1.54 bits per heavy atom. The van der Waals surface area contributed by atoms with E-state index in [-0.39, 0.29) is 18.2 Å². The van der Waals surface area contributed by atoms with Crippen LogP contribution in [0.1, 0.15) is 10.4 Å². The average molecular weight is 442 g/mol. The van der Waals surface area contributed by atoms with Crippen LogP contribution in [-0.2, 0) is 10.0 Å². The van der Waals surface area contributed by atoms with E-state index in [0.29, 0.717) is 41.8 Å². The third kappa shape index (κ3) is 4.97. The van der Waals surface area contributed by atoms with Gasteiger partial charge in [0.1, 0.15) is 0 Å². The SMILES string of the molecule is O=C(NCCS(=O)(=O)N1CCN(c2ccccc2Cl)CC1)c1ccccc1Cl. The van der Waals surface area contributed by atoms with E-state index in [9.17, 15) is 13.2 Å². The lowest BCUT2D eigenvalue weighted by atomic mass is 10.2. The van der Waals surface area contributed by atoms with Gasteiger partial charge in [-0.2, -0.15) is 4.31 Å². The highest BCUT2D eigenvalue weighted by Crippen LogP contribution is 2.26. The predicted octanol–water partition coefficient (Wildman–Crippen LogP) is 2.88. The van der Waals surface area contributed by atoms with Crippen molar-refractivity contribution in [2.75, 3.05) is 43.4 Å². The van der Waals surface area contributed by atoms with Gasteiger partial charge in [0.15, 0.2) is 0 Å². The molecule has 1 fully saturated rings. The van der Waals surface area contributed by atoms with Crippen LogP contribution in [0.25, 0.3) is 0 Å². The third-order valence-corrected chi connectivity index (χ3v) is 7.11. The maximum Gasteiger partial charge on any atom is 0.252 e. The molecule has 28 heavy (non-hydrogen) atoms. The second-order valence-electron chi connectivity index (χ2n) is 6.39. The molecule has 1 N–H and O–H groups in total. The first kappa shape index (κ1) is 20.9. The van der Waals surface area contributed by atoms with Crippen molar-refractivity contribution >= 4 is 44.8 Å². The molecule has 0 aromatic heterocycles. The van der Waals surface area contributed by atoms with Crippen molar-refractivity contribution in [2.24, 2.45) is 0 Å². The van der Waals surface area contributed by atoms with E-state index in [2.05, 4.69) is 10.2 Å². The second kappa shape index (κ2) is 9.13. The fourth-order valence-corrected chi connectivity index (χ4v) is 4.89. The molecule has 0 radical (unpaired) electrons. The Labute approximate surface area is 175 Å². The molecule has 9 heteroatoms. The molecular formula is C19H21Cl2N3O3S. The molecular weight excluding hydrogens is 421 g/mol. The molecule has 150 valence electrons. The summed E-state index contributed by atoms with van der Waals surface area (Å²) >= 11 is 12.2. The van der Waals surface area contributed by atoms with Crippen molar-refractivity contribution in [1.29, 1.82) is 0 Å². The number of benzene rings is 2. The first-order valence-electron chi connectivity index (χ1n) is 8.88. The van der Waals surface area contributed by atoms with Gasteiger partial charge < -0.3 is 10.2 Å². The Hall–Kier alpha value is -1.80. The van der Waals surface area contributed by atoms with Gasteiger partial charge in [0, 0.05) is 32.7 Å². The number of hydrogen-bond donors (Lipinski definition) is 1. The minimum atomic E-state index is -3.46. The number of rotatable bonds is 6. The highest BCUT2D eigenvalue weighted by molar-refractivity contribution is 7.89. The molecule has 1 aliphatic rings. The molecule has 2 aromatic carbocycles. The third-order valence-electron chi connectivity index (χ3n) is 4.59. The maximum absolute atomic E-state index is 12.6. The predicted molar refractivity (Wildman–Crippen MR) is 113 cm³/mol. The van der Waals surface area contributed by atoms with Crippen LogP contribution in [0.4, 0.5) is 5.69 Å². The summed E-state index contributed by atoms with van der Waals surface area (Å²) in [6, 6.07) is 14.2. The normalized spacial score (nSPS) is 15.4. The van der Waals surface area contributed by atoms with Crippen LogP contribution >= 0.6 is 23.2 Å². The van der Waals surface area contributed by atoms with Gasteiger partial charge in [-0.1, -0.05) is 47.5 Å². The van der Waals surface area contributed by atoms with Crippen molar-refractivity contribution in [3.05, 3.63) is 64.1 Å². The minimum Gasteiger partial charge on any atom is -0.368 e. The maximum atomic E-state index is 12.6. The number of carbonyl (C=O) groups excluding carboxylic acids is 1. The van der Waals surface area contributed by atoms with Gasteiger partial charge in [-0.3, -0.25) is 4.79 Å². The second-order valence-corrected chi connectivity index (χ2v) is 9.29. The molecule has 1 heterocycles. The number of nitrogens with zero attached hydrogens (tertiary/aromatic N) is 2. The number of piperazine rings is 1. The number of hydrogen-bond acceptors (Lipinski definition) is 4. The number of para-hydroxylation sites is 1. The smallest absolute Gasteiger partial charge is 0.252 e. The molecule has 3 rings (SSSR count). The number of sulfonamides is 1. The molecule has 6 nitrogen and oxygen atoms in total. The van der Waals surface area contributed by atoms with E-state index in [4.69, 9.17) is 23.2 Å². The van der Waals surface area contributed by atoms with Crippen LogP contribution in [-0.4, -0.2) is 57.1 Å². The lowest BCUT2D eigenvalue weighted by molar-refractivity contribution is 0.0956. The quantitative estimate of drug-likeness (QED) is 0.747. The van der Waals surface area contributed by atoms with Crippen LogP contribution in [0, 0.1) is 0 Å². The first-order valence-corrected chi connectivity index (χ1v) is 11.2. The lowest BCUT2D eigenvalue weighted by Crippen LogP contribution is -2.50. The summed E-state index contributed by atoms with van der Waals surface area (Å²) in [4.78, 5) is 14.2. The molecule has 0 bridgehead atoms. The fraction of sp³-hybridized carbons (Fsp3) is 0.316. The van der Waals surface area contributed by atoms with Gasteiger partial charge >= 0.3 is 0 Å². The summed E-state index contributed by atoms with van der Waals surface area (Å²) in [5.41, 5.74) is 1.24. The monoisotopic (exact) mass is 441 g/mol. The molecule has 2 aromatic rings. The van der Waals surface area contributed by atoms with E-state index in [1.54, 1.807) is 24.3 Å². The molecule has 1 aliphatic heterocycles. The zero-order chi connectivity index (χ0) is 20.1. The Balaban J connectivity index is 1.51. The van der Waals surface area contributed by atoms with Crippen LogP contribution in [0.5, 0.6) is 0 Å². The molecule has 0 atom stereocenters. The van der Waals surface area contributed by atoms with Gasteiger partial charge in [0.2, 0.25) is 10.0 Å². The Morgan fingerprint density at radius 1 is 0.929 bits per heavy atom. The van der Waals surface area contributed by atoms with Gasteiger partial charge in [0.25, 0.3) is 5.91 Å². The van der Waals surface area contributed by atoms with Crippen LogP contribution in [0.3, 0.4) is 0 Å². The molecule has 0 saturated carbocycles. The summed E-state index contributed by atoms with van der Waals surface area (Å²) in [5, 5.41) is 3.61. The van der Waals surface area contributed by atoms with E-state index in [0.717, 1.165) is 5.69 Å². The summed E-state index contributed by atoms with van der Waals surface area (Å²) in [5.74, 6) is -0.542. The average Bonchev–Trinajstić information content (AvgIpc) is 2.68. The molecule has 1 amide bonds. The number of amides is 1. The molecule has 0 aliphatic carbocycles. The van der Waals surface area contributed by atoms with Crippen LogP contribution in [0.15, 0.2) is 48.5 Å². The van der Waals surface area contributed by atoms with Crippen molar-refractivity contribution in [2.45, 2.75) is 0 Å². The van der Waals surface area contributed by atoms with E-state index in [1.807, 2.05) is 24.3 Å². The van der Waals surface area contributed by atoms with Gasteiger partial charge in [0.05, 0.1) is 27.0 Å². The van der Waals surface area contributed by atoms with Crippen LogP contribution in [0.2, 0.25) is 10.0 Å². The largest absolute Gasteiger partial charge is 0.368 e. The highest BCUT2D eigenvalue weighted by Gasteiger charge is 2.27. The number of carbonyl (C=O) groups is 1. The zero-order valence-electron chi connectivity index (χ0n) is 15.1. The topological polar surface area (TPSA) is 69.7 Å². The van der Waals surface area contributed by atoms with E-state index >= 15 is 0 Å². The Bertz CT molecular complexity index is 945. The highest BCUT2D eigenvalue weighted by atomic mass is 35.5. The van der Waals surface area contributed by atoms with Crippen molar-refractivity contribution in [3.63, 3.8) is 0 Å². The minimum absolute atomic E-state index is 0.0249. The van der Waals surface area contributed by atoms with Crippen LogP contribution < -0.4 is 10.2 Å². The molecule has 0 unspecified atom stereocenters. The van der Waals surface area contributed by atoms with Gasteiger partial charge in [-0.25, -0.2) is 8.42 Å². The zero-order valence-corrected chi connectivity index (χ0v) is 17.5. The van der Waals surface area contributed by atoms with Crippen molar-refractivity contribution < 1.29 is 13.2 Å². The Morgan fingerprint density at radius 3 is 2.18 bits per heavy atom. The number of nitrogens with one attached hydrogen (secondary N) is 1. The lowest BCUT2D eigenvalue weighted by Gasteiger charge is -2.35. The van der Waals surface area contributed by atoms with Gasteiger partial charge in [-0.05, 0) is 24.3 Å². The number of halogens is 2. The summed E-state index contributed by atoms with van der Waals surface area (Å²) in [6.45, 7) is 1.92. The van der Waals surface area contributed by atoms with Crippen molar-refractivity contribution in [3.8, 4) is 0 Å². The fourth-order valence-electron chi connectivity index (χ4n) is 3.08. The number of anilines is 1. The van der Waals surface area contributed by atoms with Crippen molar-refractivity contribution in [1.82, 2.24) is 9.62 Å². The summed E-state index contributed by atoms with van der Waals surface area (Å²) < 4.78 is 26.6. The van der Waals surface area contributed by atoms with E-state index in [1.165, 1.54) is 4.31 Å². The molecule has 0 spiro atoms. The summed E-state index contributed by atoms with van der Waals surface area (Å²) in [6.07, 6.45) is 0. The summed E-state index contributed by atoms with van der Waals surface area (Å²) in [7, 11) is -3.46. The standard InChI is InChI=1S/C19H21Cl2N3O3S/c20-16-6-2-1-5-15(16)19(25)22-9-14-28(26,27)24-12-10-23(11-13-24)18-8-4-3-7-17(18)21/h1-8H,9-14H2,(H,22,25). The van der Waals surface area contributed by atoms with Gasteiger partial charge in [-0.15, -0.1) is 0 Å². The molecule has 1 saturated heterocycles.